The zero-order chi connectivity index (χ0) is 20.3. The third kappa shape index (κ3) is 3.55. The van der Waals surface area contributed by atoms with Crippen molar-refractivity contribution in [3.8, 4) is 5.75 Å². The predicted octanol–water partition coefficient (Wildman–Crippen LogP) is 3.49. The van der Waals surface area contributed by atoms with E-state index in [2.05, 4.69) is 10.2 Å². The van der Waals surface area contributed by atoms with Crippen LogP contribution in [0.25, 0.3) is 0 Å². The van der Waals surface area contributed by atoms with Crippen molar-refractivity contribution in [3.63, 3.8) is 0 Å². The maximum Gasteiger partial charge on any atom is 0.175 e. The second kappa shape index (κ2) is 7.13. The molecular formula is C21H22Cl2N2O3S. The highest BCUT2D eigenvalue weighted by molar-refractivity contribution is 7.90. The summed E-state index contributed by atoms with van der Waals surface area (Å²) in [4.78, 5) is 2.82. The lowest BCUT2D eigenvalue weighted by atomic mass is 10.1. The Balaban J connectivity index is 1.49. The Morgan fingerprint density at radius 2 is 1.93 bits per heavy atom. The molecule has 5 rings (SSSR count). The van der Waals surface area contributed by atoms with Gasteiger partial charge in [0.1, 0.15) is 11.9 Å². The van der Waals surface area contributed by atoms with Crippen LogP contribution in [0, 0.1) is 0 Å². The quantitative estimate of drug-likeness (QED) is 0.768. The van der Waals surface area contributed by atoms with Crippen molar-refractivity contribution in [2.45, 2.75) is 42.0 Å². The highest BCUT2D eigenvalue weighted by atomic mass is 35.5. The fourth-order valence-corrected chi connectivity index (χ4v) is 6.18. The van der Waals surface area contributed by atoms with Crippen molar-refractivity contribution < 1.29 is 13.2 Å². The van der Waals surface area contributed by atoms with Crippen molar-refractivity contribution >= 4 is 33.0 Å². The summed E-state index contributed by atoms with van der Waals surface area (Å²) in [6, 6.07) is 11.6. The first-order valence-corrected chi connectivity index (χ1v) is 12.4. The monoisotopic (exact) mass is 452 g/mol. The Morgan fingerprint density at radius 1 is 1.17 bits per heavy atom. The normalized spacial score (nSPS) is 28.7. The number of piperazine rings is 1. The van der Waals surface area contributed by atoms with Gasteiger partial charge < -0.3 is 10.1 Å². The summed E-state index contributed by atoms with van der Waals surface area (Å²) in [6.07, 6.45) is 2.98. The second-order valence-corrected chi connectivity index (χ2v) is 11.1. The minimum atomic E-state index is -3.24. The van der Waals surface area contributed by atoms with Crippen LogP contribution in [0.4, 0.5) is 0 Å². The summed E-state index contributed by atoms with van der Waals surface area (Å²) in [6.45, 7) is 2.00. The van der Waals surface area contributed by atoms with Crippen LogP contribution in [-0.2, 0) is 16.3 Å². The van der Waals surface area contributed by atoms with Crippen molar-refractivity contribution in [2.24, 2.45) is 0 Å². The molecule has 154 valence electrons. The van der Waals surface area contributed by atoms with E-state index in [9.17, 15) is 8.42 Å². The molecule has 2 aromatic rings. The topological polar surface area (TPSA) is 58.6 Å². The van der Waals surface area contributed by atoms with Gasteiger partial charge >= 0.3 is 0 Å². The summed E-state index contributed by atoms with van der Waals surface area (Å²) in [7, 11) is -3.24. The van der Waals surface area contributed by atoms with Gasteiger partial charge in [-0.2, -0.15) is 0 Å². The van der Waals surface area contributed by atoms with E-state index in [1.54, 1.807) is 30.3 Å². The Hall–Kier alpha value is -1.31. The second-order valence-electron chi connectivity index (χ2n) is 8.20. The van der Waals surface area contributed by atoms with Crippen molar-refractivity contribution in [1.82, 2.24) is 10.2 Å². The molecule has 0 saturated carbocycles. The number of nitrogens with one attached hydrogen (secondary N) is 1. The molecule has 3 aliphatic rings. The first-order chi connectivity index (χ1) is 13.8. The number of hydrogen-bond acceptors (Lipinski definition) is 5. The fraction of sp³-hybridized carbons (Fsp3) is 0.429. The standard InChI is InChI=1S/C21H22Cl2N2O3S/c1-29(26,27)16-4-2-15(3-5-16)28-21-18-6-12(22)7-19(23)17(18)9-20(21)25-11-13-8-14(25)10-24-13/h2-7,13-14,20-21,24H,8-11H2,1H3/t13-,14+,20+,21+/m1/s1. The van der Waals surface area contributed by atoms with Gasteiger partial charge in [0, 0.05) is 47.0 Å². The summed E-state index contributed by atoms with van der Waals surface area (Å²) in [5.41, 5.74) is 2.12. The number of sulfone groups is 1. The van der Waals surface area contributed by atoms with Crippen molar-refractivity contribution in [2.75, 3.05) is 19.3 Å². The average molecular weight is 453 g/mol. The highest BCUT2D eigenvalue weighted by Gasteiger charge is 2.47. The van der Waals surface area contributed by atoms with E-state index < -0.39 is 9.84 Å². The van der Waals surface area contributed by atoms with Crippen LogP contribution in [0.15, 0.2) is 41.3 Å². The molecule has 29 heavy (non-hydrogen) atoms. The molecule has 2 saturated heterocycles. The van der Waals surface area contributed by atoms with Gasteiger partial charge in [-0.25, -0.2) is 8.42 Å². The Bertz CT molecular complexity index is 1060. The summed E-state index contributed by atoms with van der Waals surface area (Å²) < 4.78 is 29.9. The lowest BCUT2D eigenvalue weighted by Gasteiger charge is -2.36. The molecule has 1 N–H and O–H groups in total. The fourth-order valence-electron chi connectivity index (χ4n) is 4.96. The predicted molar refractivity (Wildman–Crippen MR) is 114 cm³/mol. The molecule has 2 fully saturated rings. The third-order valence-corrected chi connectivity index (χ3v) is 7.99. The lowest BCUT2D eigenvalue weighted by Crippen LogP contribution is -2.50. The third-order valence-electron chi connectivity index (χ3n) is 6.30. The summed E-state index contributed by atoms with van der Waals surface area (Å²) in [5.74, 6) is 0.638. The van der Waals surface area contributed by atoms with Gasteiger partial charge in [0.05, 0.1) is 10.9 Å². The molecule has 1 aliphatic carbocycles. The Morgan fingerprint density at radius 3 is 2.55 bits per heavy atom. The van der Waals surface area contributed by atoms with Crippen LogP contribution in [0.2, 0.25) is 10.0 Å². The average Bonchev–Trinajstić information content (AvgIpc) is 3.36. The number of fused-ring (bicyclic) bond motifs is 3. The van der Waals surface area contributed by atoms with Crippen LogP contribution in [0.5, 0.6) is 5.75 Å². The van der Waals surface area contributed by atoms with Gasteiger partial charge in [-0.3, -0.25) is 4.90 Å². The van der Waals surface area contributed by atoms with Crippen LogP contribution in [0.1, 0.15) is 23.7 Å². The smallest absolute Gasteiger partial charge is 0.175 e. The Labute approximate surface area is 180 Å². The number of benzene rings is 2. The zero-order valence-electron chi connectivity index (χ0n) is 15.9. The van der Waals surface area contributed by atoms with Crippen molar-refractivity contribution in [1.29, 1.82) is 0 Å². The molecule has 0 spiro atoms. The lowest BCUT2D eigenvalue weighted by molar-refractivity contribution is 0.0614. The maximum atomic E-state index is 11.7. The SMILES string of the molecule is CS(=O)(=O)c1ccc(O[C@H]2c3cc(Cl)cc(Cl)c3C[C@@H]2N2C[C@H]3C[C@H]2CN3)cc1. The molecule has 8 heteroatoms. The van der Waals surface area contributed by atoms with Gasteiger partial charge in [0.25, 0.3) is 0 Å². The van der Waals surface area contributed by atoms with Crippen LogP contribution >= 0.6 is 23.2 Å². The number of ether oxygens (including phenoxy) is 1. The van der Waals surface area contributed by atoms with Crippen LogP contribution in [-0.4, -0.2) is 50.8 Å². The molecule has 5 nitrogen and oxygen atoms in total. The van der Waals surface area contributed by atoms with E-state index in [0.29, 0.717) is 27.9 Å². The molecule has 0 aromatic heterocycles. The van der Waals surface area contributed by atoms with E-state index >= 15 is 0 Å². The van der Waals surface area contributed by atoms with Gasteiger partial charge in [0.2, 0.25) is 0 Å². The van der Waals surface area contributed by atoms with Crippen LogP contribution < -0.4 is 10.1 Å². The summed E-state index contributed by atoms with van der Waals surface area (Å²) >= 11 is 12.8. The molecular weight excluding hydrogens is 431 g/mol. The van der Waals surface area contributed by atoms with Gasteiger partial charge in [0.15, 0.2) is 9.84 Å². The number of rotatable bonds is 4. The molecule has 4 atom stereocenters. The van der Waals surface area contributed by atoms with Gasteiger partial charge in [-0.05, 0) is 54.8 Å². The highest BCUT2D eigenvalue weighted by Crippen LogP contribution is 2.44. The minimum Gasteiger partial charge on any atom is -0.484 e. The van der Waals surface area contributed by atoms with Crippen molar-refractivity contribution in [3.05, 3.63) is 57.6 Å². The van der Waals surface area contributed by atoms with E-state index in [4.69, 9.17) is 27.9 Å². The molecule has 0 radical (unpaired) electrons. The molecule has 2 aliphatic heterocycles. The first-order valence-electron chi connectivity index (χ1n) is 9.73. The number of hydrogen-bond donors (Lipinski definition) is 1. The van der Waals surface area contributed by atoms with Gasteiger partial charge in [-0.15, -0.1) is 0 Å². The molecule has 2 bridgehead atoms. The largest absolute Gasteiger partial charge is 0.484 e. The number of halogens is 2. The van der Waals surface area contributed by atoms with E-state index in [1.807, 2.05) is 6.07 Å². The van der Waals surface area contributed by atoms with E-state index in [-0.39, 0.29) is 17.0 Å². The van der Waals surface area contributed by atoms with Gasteiger partial charge in [-0.1, -0.05) is 23.2 Å². The number of likely N-dealkylation sites (tertiary alicyclic amines) is 1. The molecule has 2 aromatic carbocycles. The first kappa shape index (κ1) is 19.6. The summed E-state index contributed by atoms with van der Waals surface area (Å²) in [5, 5.41) is 4.83. The maximum absolute atomic E-state index is 11.7. The molecule has 0 amide bonds. The van der Waals surface area contributed by atoms with E-state index in [0.717, 1.165) is 37.1 Å². The number of nitrogens with zero attached hydrogens (tertiary/aromatic N) is 1. The Kier molecular flexibility index (Phi) is 4.83. The minimum absolute atomic E-state index is 0.174. The van der Waals surface area contributed by atoms with Crippen LogP contribution in [0.3, 0.4) is 0 Å². The van der Waals surface area contributed by atoms with E-state index in [1.165, 1.54) is 6.26 Å². The molecule has 0 unspecified atom stereocenters. The zero-order valence-corrected chi connectivity index (χ0v) is 18.3. The molecule has 2 heterocycles.